The smallest absolute Gasteiger partial charge is 0.251 e. The van der Waals surface area contributed by atoms with Crippen molar-refractivity contribution in [1.82, 2.24) is 10.2 Å². The van der Waals surface area contributed by atoms with Gasteiger partial charge in [-0.2, -0.15) is 0 Å². The monoisotopic (exact) mass is 404 g/mol. The van der Waals surface area contributed by atoms with Gasteiger partial charge in [0.25, 0.3) is 5.91 Å². The molecule has 1 N–H and O–H groups in total. The Hall–Kier alpha value is -2.73. The standard InChI is InChI=1S/C21H25ClN2O4/c1-4-27-18-11-8-16(12-19(18)28-5-2)21(26)23-13-20(25)24(3)14-15-6-9-17(22)10-7-15/h6-12H,4-5,13-14H2,1-3H3,(H,23,26). The van der Waals surface area contributed by atoms with E-state index < -0.39 is 0 Å². The molecule has 2 aromatic carbocycles. The molecular formula is C21H25ClN2O4. The zero-order valence-electron chi connectivity index (χ0n) is 16.3. The minimum Gasteiger partial charge on any atom is -0.490 e. The van der Waals surface area contributed by atoms with Crippen LogP contribution in [0.3, 0.4) is 0 Å². The molecular weight excluding hydrogens is 380 g/mol. The molecule has 0 fully saturated rings. The van der Waals surface area contributed by atoms with E-state index in [9.17, 15) is 9.59 Å². The van der Waals surface area contributed by atoms with Crippen LogP contribution in [-0.4, -0.2) is 43.5 Å². The quantitative estimate of drug-likeness (QED) is 0.694. The van der Waals surface area contributed by atoms with Gasteiger partial charge in [0, 0.05) is 24.2 Å². The summed E-state index contributed by atoms with van der Waals surface area (Å²) in [5, 5.41) is 3.29. The Morgan fingerprint density at radius 2 is 1.64 bits per heavy atom. The van der Waals surface area contributed by atoms with E-state index in [0.29, 0.717) is 41.8 Å². The summed E-state index contributed by atoms with van der Waals surface area (Å²) in [4.78, 5) is 26.2. The summed E-state index contributed by atoms with van der Waals surface area (Å²) in [5.41, 5.74) is 1.36. The van der Waals surface area contributed by atoms with Crippen molar-refractivity contribution in [3.8, 4) is 11.5 Å². The van der Waals surface area contributed by atoms with Gasteiger partial charge in [0.05, 0.1) is 19.8 Å². The first-order valence-corrected chi connectivity index (χ1v) is 9.48. The molecule has 0 aliphatic carbocycles. The lowest BCUT2D eigenvalue weighted by molar-refractivity contribution is -0.129. The lowest BCUT2D eigenvalue weighted by Crippen LogP contribution is -2.37. The molecule has 2 rings (SSSR count). The van der Waals surface area contributed by atoms with Gasteiger partial charge in [0.2, 0.25) is 5.91 Å². The van der Waals surface area contributed by atoms with Crippen LogP contribution in [0.15, 0.2) is 42.5 Å². The summed E-state index contributed by atoms with van der Waals surface area (Å²) in [5.74, 6) is 0.541. The molecule has 6 nitrogen and oxygen atoms in total. The summed E-state index contributed by atoms with van der Waals surface area (Å²) >= 11 is 5.87. The Kier molecular flexibility index (Phi) is 8.14. The Morgan fingerprint density at radius 3 is 2.29 bits per heavy atom. The second kappa shape index (κ2) is 10.6. The highest BCUT2D eigenvalue weighted by Gasteiger charge is 2.14. The predicted octanol–water partition coefficient (Wildman–Crippen LogP) is 3.53. The van der Waals surface area contributed by atoms with Crippen molar-refractivity contribution >= 4 is 23.4 Å². The van der Waals surface area contributed by atoms with Gasteiger partial charge in [-0.1, -0.05) is 23.7 Å². The maximum atomic E-state index is 12.4. The maximum Gasteiger partial charge on any atom is 0.251 e. The lowest BCUT2D eigenvalue weighted by atomic mass is 10.2. The van der Waals surface area contributed by atoms with Crippen molar-refractivity contribution in [3.63, 3.8) is 0 Å². The molecule has 7 heteroatoms. The number of rotatable bonds is 9. The van der Waals surface area contributed by atoms with Gasteiger partial charge in [0.15, 0.2) is 11.5 Å². The summed E-state index contributed by atoms with van der Waals surface area (Å²) in [7, 11) is 1.69. The number of nitrogens with zero attached hydrogens (tertiary/aromatic N) is 1. The van der Waals surface area contributed by atoms with Crippen LogP contribution in [0.2, 0.25) is 5.02 Å². The van der Waals surface area contributed by atoms with E-state index in [1.807, 2.05) is 26.0 Å². The number of ether oxygens (including phenoxy) is 2. The fourth-order valence-corrected chi connectivity index (χ4v) is 2.66. The molecule has 0 saturated carbocycles. The van der Waals surface area contributed by atoms with Gasteiger partial charge in [-0.15, -0.1) is 0 Å². The average molecular weight is 405 g/mol. The van der Waals surface area contributed by atoms with Crippen LogP contribution in [0, 0.1) is 0 Å². The van der Waals surface area contributed by atoms with Crippen LogP contribution in [0.1, 0.15) is 29.8 Å². The normalized spacial score (nSPS) is 10.3. The minimum absolute atomic E-state index is 0.0971. The molecule has 2 amide bonds. The highest BCUT2D eigenvalue weighted by Crippen LogP contribution is 2.28. The predicted molar refractivity (Wildman–Crippen MR) is 109 cm³/mol. The van der Waals surface area contributed by atoms with Crippen molar-refractivity contribution in [3.05, 3.63) is 58.6 Å². The largest absolute Gasteiger partial charge is 0.490 e. The highest BCUT2D eigenvalue weighted by atomic mass is 35.5. The fraction of sp³-hybridized carbons (Fsp3) is 0.333. The topological polar surface area (TPSA) is 67.9 Å². The summed E-state index contributed by atoms with van der Waals surface area (Å²) in [6, 6.07) is 12.2. The van der Waals surface area contributed by atoms with Crippen LogP contribution in [0.25, 0.3) is 0 Å². The molecule has 0 aliphatic rings. The van der Waals surface area contributed by atoms with Gasteiger partial charge in [0.1, 0.15) is 0 Å². The molecule has 2 aromatic rings. The molecule has 0 aliphatic heterocycles. The van der Waals surface area contributed by atoms with Gasteiger partial charge in [-0.25, -0.2) is 0 Å². The molecule has 0 saturated heterocycles. The zero-order valence-corrected chi connectivity index (χ0v) is 17.1. The SMILES string of the molecule is CCOc1ccc(C(=O)NCC(=O)N(C)Cc2ccc(Cl)cc2)cc1OCC. The van der Waals surface area contributed by atoms with E-state index >= 15 is 0 Å². The van der Waals surface area contributed by atoms with E-state index in [4.69, 9.17) is 21.1 Å². The van der Waals surface area contributed by atoms with E-state index in [1.54, 1.807) is 42.3 Å². The van der Waals surface area contributed by atoms with Crippen molar-refractivity contribution in [2.75, 3.05) is 26.8 Å². The second-order valence-corrected chi connectivity index (χ2v) is 6.52. The van der Waals surface area contributed by atoms with Crippen LogP contribution in [-0.2, 0) is 11.3 Å². The zero-order chi connectivity index (χ0) is 20.5. The Labute approximate surface area is 170 Å². The van der Waals surface area contributed by atoms with Crippen molar-refractivity contribution in [2.45, 2.75) is 20.4 Å². The molecule has 0 radical (unpaired) electrons. The Bertz CT molecular complexity index is 809. The summed E-state index contributed by atoms with van der Waals surface area (Å²) in [6.07, 6.45) is 0. The van der Waals surface area contributed by atoms with Gasteiger partial charge >= 0.3 is 0 Å². The van der Waals surface area contributed by atoms with Crippen molar-refractivity contribution in [1.29, 1.82) is 0 Å². The number of carbonyl (C=O) groups is 2. The summed E-state index contributed by atoms with van der Waals surface area (Å²) in [6.45, 7) is 5.03. The molecule has 0 heterocycles. The van der Waals surface area contributed by atoms with Crippen LogP contribution in [0.4, 0.5) is 0 Å². The number of benzene rings is 2. The first-order chi connectivity index (χ1) is 13.4. The molecule has 0 bridgehead atoms. The number of nitrogens with one attached hydrogen (secondary N) is 1. The first kappa shape index (κ1) is 21.6. The third kappa shape index (κ3) is 6.16. The second-order valence-electron chi connectivity index (χ2n) is 6.09. The number of halogens is 1. The number of amides is 2. The molecule has 0 aromatic heterocycles. The van der Waals surface area contributed by atoms with Gasteiger partial charge in [-0.3, -0.25) is 9.59 Å². The molecule has 0 atom stereocenters. The number of hydrogen-bond acceptors (Lipinski definition) is 4. The molecule has 0 spiro atoms. The molecule has 150 valence electrons. The first-order valence-electron chi connectivity index (χ1n) is 9.10. The van der Waals surface area contributed by atoms with E-state index in [2.05, 4.69) is 5.32 Å². The third-order valence-corrected chi connectivity index (χ3v) is 4.22. The summed E-state index contributed by atoms with van der Waals surface area (Å²) < 4.78 is 11.0. The van der Waals surface area contributed by atoms with Crippen LogP contribution in [0.5, 0.6) is 11.5 Å². The molecule has 28 heavy (non-hydrogen) atoms. The Morgan fingerprint density at radius 1 is 1.00 bits per heavy atom. The van der Waals surface area contributed by atoms with E-state index in [1.165, 1.54) is 0 Å². The Balaban J connectivity index is 1.94. The maximum absolute atomic E-state index is 12.4. The fourth-order valence-electron chi connectivity index (χ4n) is 2.54. The van der Waals surface area contributed by atoms with E-state index in [-0.39, 0.29) is 18.4 Å². The van der Waals surface area contributed by atoms with E-state index in [0.717, 1.165) is 5.56 Å². The lowest BCUT2D eigenvalue weighted by Gasteiger charge is -2.18. The number of hydrogen-bond donors (Lipinski definition) is 1. The van der Waals surface area contributed by atoms with Crippen LogP contribution < -0.4 is 14.8 Å². The third-order valence-electron chi connectivity index (χ3n) is 3.96. The highest BCUT2D eigenvalue weighted by molar-refractivity contribution is 6.30. The molecule has 0 unspecified atom stereocenters. The van der Waals surface area contributed by atoms with Crippen molar-refractivity contribution < 1.29 is 19.1 Å². The van der Waals surface area contributed by atoms with Crippen molar-refractivity contribution in [2.24, 2.45) is 0 Å². The number of likely N-dealkylation sites (N-methyl/N-ethyl adjacent to an activating group) is 1. The van der Waals surface area contributed by atoms with Crippen LogP contribution >= 0.6 is 11.6 Å². The van der Waals surface area contributed by atoms with Gasteiger partial charge < -0.3 is 19.7 Å². The minimum atomic E-state index is -0.350. The average Bonchev–Trinajstić information content (AvgIpc) is 2.69. The number of carbonyl (C=O) groups excluding carboxylic acids is 2. The van der Waals surface area contributed by atoms with Gasteiger partial charge in [-0.05, 0) is 49.7 Å².